The van der Waals surface area contributed by atoms with Crippen LogP contribution in [0, 0.1) is 19.7 Å². The first-order valence-electron chi connectivity index (χ1n) is 10.3. The van der Waals surface area contributed by atoms with Gasteiger partial charge in [0.05, 0.1) is 6.54 Å². The van der Waals surface area contributed by atoms with Gasteiger partial charge in [-0.05, 0) is 64.8 Å². The number of amides is 2. The molecule has 1 aromatic carbocycles. The minimum absolute atomic E-state index is 0.0993. The lowest BCUT2D eigenvalue weighted by molar-refractivity contribution is -0.116. The predicted octanol–water partition coefficient (Wildman–Crippen LogP) is 3.48. The van der Waals surface area contributed by atoms with Crippen molar-refractivity contribution < 1.29 is 18.7 Å². The summed E-state index contributed by atoms with van der Waals surface area (Å²) in [4.78, 5) is 33.0. The van der Waals surface area contributed by atoms with Crippen LogP contribution < -0.4 is 10.6 Å². The molecular weight excluding hydrogens is 415 g/mol. The highest BCUT2D eigenvalue weighted by molar-refractivity contribution is 5.90. The van der Waals surface area contributed by atoms with E-state index in [-0.39, 0.29) is 18.9 Å². The molecule has 0 radical (unpaired) electrons. The molecule has 2 heterocycles. The van der Waals surface area contributed by atoms with Crippen LogP contribution in [-0.2, 0) is 22.5 Å². The molecule has 2 amide bonds. The van der Waals surface area contributed by atoms with Crippen LogP contribution in [0.25, 0.3) is 5.78 Å². The minimum atomic E-state index is -0.596. The van der Waals surface area contributed by atoms with Gasteiger partial charge in [0, 0.05) is 23.5 Å². The van der Waals surface area contributed by atoms with Crippen LogP contribution in [-0.4, -0.2) is 37.2 Å². The minimum Gasteiger partial charge on any atom is -0.444 e. The van der Waals surface area contributed by atoms with Gasteiger partial charge in [-0.2, -0.15) is 4.98 Å². The van der Waals surface area contributed by atoms with Gasteiger partial charge >= 0.3 is 6.09 Å². The van der Waals surface area contributed by atoms with Crippen molar-refractivity contribution in [2.45, 2.75) is 59.6 Å². The van der Waals surface area contributed by atoms with E-state index >= 15 is 0 Å². The van der Waals surface area contributed by atoms with Crippen molar-refractivity contribution in [1.29, 1.82) is 0 Å². The second-order valence-corrected chi connectivity index (χ2v) is 8.41. The maximum absolute atomic E-state index is 13.3. The molecule has 0 spiro atoms. The van der Waals surface area contributed by atoms with Crippen LogP contribution in [0.3, 0.4) is 0 Å². The fraction of sp³-hybridized carbons (Fsp3) is 0.409. The Bertz CT molecular complexity index is 1150. The summed E-state index contributed by atoms with van der Waals surface area (Å²) in [7, 11) is 0. The van der Waals surface area contributed by atoms with Gasteiger partial charge in [-0.25, -0.2) is 18.7 Å². The SMILES string of the molecule is Cc1nc2nc(CNC(=O)OC(C)(C)C)nn2c(C)c1CCC(=O)Nc1cccc(F)c1. The van der Waals surface area contributed by atoms with E-state index in [9.17, 15) is 14.0 Å². The number of nitrogens with zero attached hydrogens (tertiary/aromatic N) is 4. The molecule has 3 rings (SSSR count). The van der Waals surface area contributed by atoms with Crippen LogP contribution in [0.1, 0.15) is 50.0 Å². The van der Waals surface area contributed by atoms with E-state index in [1.807, 2.05) is 13.8 Å². The second-order valence-electron chi connectivity index (χ2n) is 8.41. The number of carbonyl (C=O) groups is 2. The number of aryl methyl sites for hydroxylation is 2. The van der Waals surface area contributed by atoms with Crippen LogP contribution in [0.5, 0.6) is 0 Å². The summed E-state index contributed by atoms with van der Waals surface area (Å²) >= 11 is 0. The number of carbonyl (C=O) groups excluding carboxylic acids is 2. The van der Waals surface area contributed by atoms with E-state index < -0.39 is 17.5 Å². The molecular formula is C22H27FN6O3. The second kappa shape index (κ2) is 9.29. The third kappa shape index (κ3) is 5.99. The Labute approximate surface area is 185 Å². The molecule has 0 unspecified atom stereocenters. The molecule has 0 aliphatic rings. The summed E-state index contributed by atoms with van der Waals surface area (Å²) in [6.45, 7) is 9.17. The largest absolute Gasteiger partial charge is 0.444 e. The van der Waals surface area contributed by atoms with E-state index in [0.717, 1.165) is 17.0 Å². The molecule has 0 bridgehead atoms. The maximum Gasteiger partial charge on any atom is 0.408 e. The maximum atomic E-state index is 13.3. The van der Waals surface area contributed by atoms with Crippen LogP contribution in [0.2, 0.25) is 0 Å². The standard InChI is InChI=1S/C22H27FN6O3/c1-13-17(9-10-19(30)26-16-8-6-7-15(23)11-16)14(2)29-20(25-13)27-18(28-29)12-24-21(31)32-22(3,4)5/h6-8,11H,9-10,12H2,1-5H3,(H,24,31)(H,26,30). The van der Waals surface area contributed by atoms with E-state index in [0.29, 0.717) is 23.7 Å². The number of aromatic nitrogens is 4. The summed E-state index contributed by atoms with van der Waals surface area (Å²) in [5, 5.41) is 9.73. The summed E-state index contributed by atoms with van der Waals surface area (Å²) in [5.74, 6) is 0.170. The van der Waals surface area contributed by atoms with Gasteiger partial charge in [0.25, 0.3) is 5.78 Å². The van der Waals surface area contributed by atoms with E-state index in [1.54, 1.807) is 31.4 Å². The van der Waals surface area contributed by atoms with Crippen molar-refractivity contribution in [1.82, 2.24) is 24.9 Å². The van der Waals surface area contributed by atoms with E-state index in [1.165, 1.54) is 18.2 Å². The van der Waals surface area contributed by atoms with Crippen molar-refractivity contribution >= 4 is 23.5 Å². The van der Waals surface area contributed by atoms with Gasteiger partial charge < -0.3 is 15.4 Å². The average Bonchev–Trinajstić information content (AvgIpc) is 3.08. The Kier molecular flexibility index (Phi) is 6.71. The summed E-state index contributed by atoms with van der Waals surface area (Å²) in [5.41, 5.74) is 2.25. The summed E-state index contributed by atoms with van der Waals surface area (Å²) in [6.07, 6.45) is 0.0856. The van der Waals surface area contributed by atoms with Crippen molar-refractivity contribution in [3.05, 3.63) is 52.9 Å². The first kappa shape index (κ1) is 23.1. The lowest BCUT2D eigenvalue weighted by atomic mass is 10.1. The Morgan fingerprint density at radius 3 is 2.62 bits per heavy atom. The van der Waals surface area contributed by atoms with Crippen molar-refractivity contribution in [3.63, 3.8) is 0 Å². The lowest BCUT2D eigenvalue weighted by Crippen LogP contribution is -2.32. The number of ether oxygens (including phenoxy) is 1. The van der Waals surface area contributed by atoms with Gasteiger partial charge in [0.1, 0.15) is 11.4 Å². The number of benzene rings is 1. The molecule has 0 saturated heterocycles. The lowest BCUT2D eigenvalue weighted by Gasteiger charge is -2.19. The first-order chi connectivity index (χ1) is 15.0. The Hall–Kier alpha value is -3.56. The molecule has 32 heavy (non-hydrogen) atoms. The number of fused-ring (bicyclic) bond motifs is 1. The number of hydrogen-bond acceptors (Lipinski definition) is 6. The zero-order chi connectivity index (χ0) is 23.5. The molecule has 2 aromatic heterocycles. The number of nitrogens with one attached hydrogen (secondary N) is 2. The Morgan fingerprint density at radius 1 is 1.19 bits per heavy atom. The molecule has 10 heteroatoms. The molecule has 0 aliphatic heterocycles. The number of anilines is 1. The highest BCUT2D eigenvalue weighted by Crippen LogP contribution is 2.17. The molecule has 0 fully saturated rings. The molecule has 9 nitrogen and oxygen atoms in total. The zero-order valence-electron chi connectivity index (χ0n) is 18.8. The van der Waals surface area contributed by atoms with Gasteiger partial charge in [-0.3, -0.25) is 4.79 Å². The van der Waals surface area contributed by atoms with Gasteiger partial charge in [0.15, 0.2) is 5.82 Å². The van der Waals surface area contributed by atoms with E-state index in [2.05, 4.69) is 25.7 Å². The van der Waals surface area contributed by atoms with Crippen LogP contribution in [0.4, 0.5) is 14.9 Å². The fourth-order valence-electron chi connectivity index (χ4n) is 3.18. The third-order valence-corrected chi connectivity index (χ3v) is 4.59. The number of alkyl carbamates (subject to hydrolysis) is 1. The van der Waals surface area contributed by atoms with Gasteiger partial charge in [-0.15, -0.1) is 5.10 Å². The molecule has 170 valence electrons. The topological polar surface area (TPSA) is 111 Å². The predicted molar refractivity (Wildman–Crippen MR) is 117 cm³/mol. The van der Waals surface area contributed by atoms with Crippen LogP contribution in [0.15, 0.2) is 24.3 Å². The summed E-state index contributed by atoms with van der Waals surface area (Å²) in [6, 6.07) is 5.76. The normalized spacial score (nSPS) is 11.4. The monoisotopic (exact) mass is 442 g/mol. The summed E-state index contributed by atoms with van der Waals surface area (Å²) < 4.78 is 20.1. The molecule has 3 aromatic rings. The number of rotatable bonds is 6. The number of hydrogen-bond donors (Lipinski definition) is 2. The first-order valence-corrected chi connectivity index (χ1v) is 10.3. The third-order valence-electron chi connectivity index (χ3n) is 4.59. The molecule has 0 saturated carbocycles. The van der Waals surface area contributed by atoms with Gasteiger partial charge in [0.2, 0.25) is 5.91 Å². The Balaban J connectivity index is 1.67. The smallest absolute Gasteiger partial charge is 0.408 e. The molecule has 2 N–H and O–H groups in total. The molecule has 0 atom stereocenters. The fourth-order valence-corrected chi connectivity index (χ4v) is 3.18. The Morgan fingerprint density at radius 2 is 1.94 bits per heavy atom. The zero-order valence-corrected chi connectivity index (χ0v) is 18.8. The highest BCUT2D eigenvalue weighted by atomic mass is 19.1. The van der Waals surface area contributed by atoms with Gasteiger partial charge in [-0.1, -0.05) is 6.07 Å². The highest BCUT2D eigenvalue weighted by Gasteiger charge is 2.18. The van der Waals surface area contributed by atoms with E-state index in [4.69, 9.17) is 4.74 Å². The molecule has 0 aliphatic carbocycles. The van der Waals surface area contributed by atoms with Crippen molar-refractivity contribution in [2.24, 2.45) is 0 Å². The van der Waals surface area contributed by atoms with Crippen molar-refractivity contribution in [3.8, 4) is 0 Å². The average molecular weight is 442 g/mol. The quantitative estimate of drug-likeness (QED) is 0.605. The number of halogens is 1. The van der Waals surface area contributed by atoms with Crippen LogP contribution >= 0.6 is 0 Å². The van der Waals surface area contributed by atoms with Crippen molar-refractivity contribution in [2.75, 3.05) is 5.32 Å².